The smallest absolute Gasteiger partial charge is 0.338 e. The van der Waals surface area contributed by atoms with E-state index in [9.17, 15) is 9.59 Å². The van der Waals surface area contributed by atoms with Crippen LogP contribution >= 0.6 is 31.9 Å². The molecule has 0 radical (unpaired) electrons. The fourth-order valence-electron chi connectivity index (χ4n) is 1.82. The largest absolute Gasteiger partial charge is 0.461 e. The third-order valence-corrected chi connectivity index (χ3v) is 3.66. The van der Waals surface area contributed by atoms with Crippen LogP contribution in [-0.2, 0) is 4.74 Å². The summed E-state index contributed by atoms with van der Waals surface area (Å²) in [5.74, 6) is -0.690. The zero-order valence-corrected chi connectivity index (χ0v) is 14.2. The van der Waals surface area contributed by atoms with Crippen molar-refractivity contribution in [3.8, 4) is 0 Å². The minimum absolute atomic E-state index is 0.200. The number of benzene rings is 2. The maximum Gasteiger partial charge on any atom is 0.338 e. The average Bonchev–Trinajstić information content (AvgIpc) is 2.52. The van der Waals surface area contributed by atoms with E-state index < -0.39 is 5.97 Å². The third kappa shape index (κ3) is 4.02. The number of carbonyl (C=O) groups is 2. The molecule has 0 aliphatic carbocycles. The van der Waals surface area contributed by atoms with Crippen molar-refractivity contribution in [2.75, 3.05) is 11.9 Å². The fourth-order valence-corrected chi connectivity index (χ4v) is 2.25. The maximum absolute atomic E-state index is 12.5. The number of hydrogen-bond acceptors (Lipinski definition) is 3. The minimum Gasteiger partial charge on any atom is -0.461 e. The van der Waals surface area contributed by atoms with Gasteiger partial charge in [-0.25, -0.2) is 4.79 Å². The van der Waals surface area contributed by atoms with Crippen molar-refractivity contribution in [3.63, 3.8) is 0 Å². The standard InChI is InChI=1S/C16H12Br2O3/c17-9-10-21-16(20)14-4-2-1-3-13(14)15(19)11-5-7-12(18)8-6-11/h1-8H,9-10H2. The number of carbonyl (C=O) groups excluding carboxylic acids is 2. The summed E-state index contributed by atoms with van der Waals surface area (Å²) < 4.78 is 5.97. The van der Waals surface area contributed by atoms with Crippen LogP contribution in [0.5, 0.6) is 0 Å². The van der Waals surface area contributed by atoms with Gasteiger partial charge in [-0.1, -0.05) is 50.1 Å². The highest BCUT2D eigenvalue weighted by molar-refractivity contribution is 9.10. The Hall–Kier alpha value is -1.46. The van der Waals surface area contributed by atoms with Crippen molar-refractivity contribution >= 4 is 43.6 Å². The number of ether oxygens (including phenoxy) is 1. The lowest BCUT2D eigenvalue weighted by molar-refractivity contribution is 0.0528. The summed E-state index contributed by atoms with van der Waals surface area (Å²) in [4.78, 5) is 24.5. The quantitative estimate of drug-likeness (QED) is 0.420. The Bertz CT molecular complexity index is 651. The van der Waals surface area contributed by atoms with Gasteiger partial charge in [0.15, 0.2) is 5.78 Å². The molecular weight excluding hydrogens is 400 g/mol. The molecule has 0 spiro atoms. The first-order valence-electron chi connectivity index (χ1n) is 6.26. The van der Waals surface area contributed by atoms with Crippen LogP contribution in [0.4, 0.5) is 0 Å². The van der Waals surface area contributed by atoms with E-state index >= 15 is 0 Å². The second-order valence-electron chi connectivity index (χ2n) is 4.21. The number of halogens is 2. The van der Waals surface area contributed by atoms with Crippen molar-refractivity contribution in [2.45, 2.75) is 0 Å². The third-order valence-electron chi connectivity index (χ3n) is 2.81. The summed E-state index contributed by atoms with van der Waals surface area (Å²) in [5.41, 5.74) is 1.16. The Morgan fingerprint density at radius 1 is 0.952 bits per heavy atom. The predicted octanol–water partition coefficient (Wildman–Crippen LogP) is 4.23. The molecule has 0 amide bonds. The SMILES string of the molecule is O=C(OCCBr)c1ccccc1C(=O)c1ccc(Br)cc1. The van der Waals surface area contributed by atoms with Gasteiger partial charge in [0.2, 0.25) is 0 Å². The van der Waals surface area contributed by atoms with Crippen molar-refractivity contribution in [1.29, 1.82) is 0 Å². The lowest BCUT2D eigenvalue weighted by atomic mass is 9.98. The lowest BCUT2D eigenvalue weighted by Crippen LogP contribution is -2.13. The van der Waals surface area contributed by atoms with Crippen molar-refractivity contribution in [3.05, 3.63) is 69.7 Å². The fraction of sp³-hybridized carbons (Fsp3) is 0.125. The molecule has 2 aromatic carbocycles. The summed E-state index contributed by atoms with van der Waals surface area (Å²) in [5, 5.41) is 0.557. The first-order chi connectivity index (χ1) is 10.1. The van der Waals surface area contributed by atoms with E-state index in [4.69, 9.17) is 4.74 Å². The van der Waals surface area contributed by atoms with Gasteiger partial charge in [-0.2, -0.15) is 0 Å². The van der Waals surface area contributed by atoms with Gasteiger partial charge in [-0.15, -0.1) is 0 Å². The molecule has 5 heteroatoms. The molecule has 0 atom stereocenters. The molecule has 2 rings (SSSR count). The zero-order valence-electron chi connectivity index (χ0n) is 11.0. The Morgan fingerprint density at radius 3 is 2.19 bits per heavy atom. The second-order valence-corrected chi connectivity index (χ2v) is 5.92. The molecule has 0 aromatic heterocycles. The molecule has 108 valence electrons. The first kappa shape index (κ1) is 15.9. The van der Waals surface area contributed by atoms with E-state index in [-0.39, 0.29) is 18.0 Å². The highest BCUT2D eigenvalue weighted by Gasteiger charge is 2.18. The summed E-state index contributed by atoms with van der Waals surface area (Å²) >= 11 is 6.52. The Morgan fingerprint density at radius 2 is 1.57 bits per heavy atom. The van der Waals surface area contributed by atoms with Crippen LogP contribution < -0.4 is 0 Å². The van der Waals surface area contributed by atoms with Crippen LogP contribution in [0.2, 0.25) is 0 Å². The van der Waals surface area contributed by atoms with E-state index in [1.807, 2.05) is 0 Å². The minimum atomic E-state index is -0.490. The zero-order chi connectivity index (χ0) is 15.2. The number of alkyl halides is 1. The van der Waals surface area contributed by atoms with E-state index in [0.29, 0.717) is 16.5 Å². The van der Waals surface area contributed by atoms with Crippen LogP contribution in [0.1, 0.15) is 26.3 Å². The number of rotatable bonds is 5. The van der Waals surface area contributed by atoms with E-state index in [2.05, 4.69) is 31.9 Å². The van der Waals surface area contributed by atoms with Gasteiger partial charge in [0.1, 0.15) is 6.61 Å². The molecule has 0 fully saturated rings. The van der Waals surface area contributed by atoms with E-state index in [1.165, 1.54) is 0 Å². The van der Waals surface area contributed by atoms with E-state index in [1.54, 1.807) is 48.5 Å². The highest BCUT2D eigenvalue weighted by atomic mass is 79.9. The molecule has 3 nitrogen and oxygen atoms in total. The molecule has 0 saturated heterocycles. The van der Waals surface area contributed by atoms with Crippen LogP contribution in [0.3, 0.4) is 0 Å². The summed E-state index contributed by atoms with van der Waals surface area (Å²) in [6.07, 6.45) is 0. The monoisotopic (exact) mass is 410 g/mol. The summed E-state index contributed by atoms with van der Waals surface area (Å²) in [6.45, 7) is 0.264. The Labute approximate surface area is 139 Å². The molecule has 0 unspecified atom stereocenters. The molecule has 2 aromatic rings. The molecule has 0 aliphatic rings. The van der Waals surface area contributed by atoms with Crippen LogP contribution in [0, 0.1) is 0 Å². The molecule has 0 aliphatic heterocycles. The van der Waals surface area contributed by atoms with Crippen molar-refractivity contribution < 1.29 is 14.3 Å². The Balaban J connectivity index is 2.33. The summed E-state index contributed by atoms with van der Waals surface area (Å²) in [6, 6.07) is 13.7. The van der Waals surface area contributed by atoms with Crippen LogP contribution in [-0.4, -0.2) is 23.7 Å². The predicted molar refractivity (Wildman–Crippen MR) is 88.1 cm³/mol. The normalized spacial score (nSPS) is 10.2. The van der Waals surface area contributed by atoms with Gasteiger partial charge in [0.25, 0.3) is 0 Å². The number of hydrogen-bond donors (Lipinski definition) is 0. The average molecular weight is 412 g/mol. The molecule has 21 heavy (non-hydrogen) atoms. The highest BCUT2D eigenvalue weighted by Crippen LogP contribution is 2.18. The summed E-state index contributed by atoms with van der Waals surface area (Å²) in [7, 11) is 0. The van der Waals surface area contributed by atoms with Gasteiger partial charge in [0.05, 0.1) is 5.56 Å². The Kier molecular flexibility index (Phi) is 5.70. The van der Waals surface area contributed by atoms with Crippen LogP contribution in [0.25, 0.3) is 0 Å². The molecule has 0 bridgehead atoms. The lowest BCUT2D eigenvalue weighted by Gasteiger charge is -2.08. The molecule has 0 N–H and O–H groups in total. The van der Waals surface area contributed by atoms with E-state index in [0.717, 1.165) is 4.47 Å². The number of esters is 1. The van der Waals surface area contributed by atoms with Gasteiger partial charge >= 0.3 is 5.97 Å². The molecular formula is C16H12Br2O3. The van der Waals surface area contributed by atoms with Crippen LogP contribution in [0.15, 0.2) is 53.0 Å². The molecule has 0 saturated carbocycles. The number of ketones is 1. The van der Waals surface area contributed by atoms with Gasteiger partial charge in [0, 0.05) is 20.9 Å². The van der Waals surface area contributed by atoms with Crippen molar-refractivity contribution in [2.24, 2.45) is 0 Å². The second kappa shape index (κ2) is 7.52. The van der Waals surface area contributed by atoms with Gasteiger partial charge in [-0.3, -0.25) is 4.79 Å². The molecule has 0 heterocycles. The maximum atomic E-state index is 12.5. The van der Waals surface area contributed by atoms with Crippen molar-refractivity contribution in [1.82, 2.24) is 0 Å². The first-order valence-corrected chi connectivity index (χ1v) is 8.17. The topological polar surface area (TPSA) is 43.4 Å². The van der Waals surface area contributed by atoms with Gasteiger partial charge < -0.3 is 4.74 Å². The van der Waals surface area contributed by atoms with Gasteiger partial charge in [-0.05, 0) is 30.3 Å².